The van der Waals surface area contributed by atoms with Crippen molar-refractivity contribution in [3.8, 4) is 11.3 Å². The Morgan fingerprint density at radius 3 is 2.61 bits per heavy atom. The third-order valence-electron chi connectivity index (χ3n) is 4.63. The van der Waals surface area contributed by atoms with E-state index in [-0.39, 0.29) is 0 Å². The van der Waals surface area contributed by atoms with Gasteiger partial charge in [-0.25, -0.2) is 5.43 Å². The zero-order valence-corrected chi connectivity index (χ0v) is 14.5. The lowest BCUT2D eigenvalue weighted by Crippen LogP contribution is -2.20. The molecule has 1 heterocycles. The molecule has 8 heteroatoms. The quantitative estimate of drug-likeness (QED) is 0.530. The molecule has 3 aromatic rings. The van der Waals surface area contributed by atoms with E-state index >= 15 is 0 Å². The maximum absolute atomic E-state index is 12.6. The number of nitrogens with one attached hydrogen (secondary N) is 2. The van der Waals surface area contributed by atoms with Gasteiger partial charge in [-0.1, -0.05) is 36.4 Å². The van der Waals surface area contributed by atoms with E-state index in [0.717, 1.165) is 35.4 Å². The molecule has 1 aliphatic rings. The standard InChI is InChI=1S/C20H15F3N4O/c21-20(22,23)14-8-5-12(6-9-14)11-24-27-19(28)18-16-10-7-13-3-1-2-4-15(13)17(16)25-26-18/h1-6,8-9,11H,7,10H2,(H,25,26)(H,27,28)/b24-11+. The Balaban J connectivity index is 1.47. The van der Waals surface area contributed by atoms with E-state index in [9.17, 15) is 18.0 Å². The molecule has 0 bridgehead atoms. The van der Waals surface area contributed by atoms with Gasteiger partial charge in [0.15, 0.2) is 0 Å². The highest BCUT2D eigenvalue weighted by atomic mass is 19.4. The van der Waals surface area contributed by atoms with Crippen molar-refractivity contribution in [2.75, 3.05) is 0 Å². The molecule has 4 rings (SSSR count). The number of carbonyl (C=O) groups is 1. The summed E-state index contributed by atoms with van der Waals surface area (Å²) >= 11 is 0. The van der Waals surface area contributed by atoms with Crippen LogP contribution in [0.15, 0.2) is 53.6 Å². The van der Waals surface area contributed by atoms with Crippen molar-refractivity contribution in [1.82, 2.24) is 15.6 Å². The van der Waals surface area contributed by atoms with Crippen LogP contribution in [-0.4, -0.2) is 22.3 Å². The number of amides is 1. The third kappa shape index (κ3) is 3.40. The van der Waals surface area contributed by atoms with Crippen molar-refractivity contribution in [1.29, 1.82) is 0 Å². The lowest BCUT2D eigenvalue weighted by Gasteiger charge is -2.15. The average Bonchev–Trinajstić information content (AvgIpc) is 3.12. The maximum atomic E-state index is 12.6. The van der Waals surface area contributed by atoms with Crippen LogP contribution in [0.25, 0.3) is 11.3 Å². The zero-order valence-electron chi connectivity index (χ0n) is 14.5. The molecule has 0 spiro atoms. The first-order chi connectivity index (χ1) is 13.4. The number of hydrogen-bond acceptors (Lipinski definition) is 3. The summed E-state index contributed by atoms with van der Waals surface area (Å²) in [5.41, 5.74) is 6.22. The van der Waals surface area contributed by atoms with E-state index in [1.807, 2.05) is 24.3 Å². The van der Waals surface area contributed by atoms with Crippen LogP contribution in [0.4, 0.5) is 13.2 Å². The summed E-state index contributed by atoms with van der Waals surface area (Å²) in [5.74, 6) is -0.448. The molecule has 142 valence electrons. The summed E-state index contributed by atoms with van der Waals surface area (Å²) in [5, 5.41) is 10.9. The van der Waals surface area contributed by atoms with Crippen LogP contribution in [0.2, 0.25) is 0 Å². The van der Waals surface area contributed by atoms with Gasteiger partial charge >= 0.3 is 6.18 Å². The molecule has 2 N–H and O–H groups in total. The lowest BCUT2D eigenvalue weighted by atomic mass is 9.89. The number of fused-ring (bicyclic) bond motifs is 3. The molecule has 0 aliphatic heterocycles. The Hall–Kier alpha value is -3.42. The van der Waals surface area contributed by atoms with Crippen LogP contribution in [0.1, 0.15) is 32.7 Å². The monoisotopic (exact) mass is 384 g/mol. The summed E-state index contributed by atoms with van der Waals surface area (Å²) in [7, 11) is 0. The predicted molar refractivity (Wildman–Crippen MR) is 97.9 cm³/mol. The largest absolute Gasteiger partial charge is 0.416 e. The maximum Gasteiger partial charge on any atom is 0.416 e. The van der Waals surface area contributed by atoms with Crippen molar-refractivity contribution in [3.05, 3.63) is 76.5 Å². The number of aromatic amines is 1. The third-order valence-corrected chi connectivity index (χ3v) is 4.63. The summed E-state index contributed by atoms with van der Waals surface area (Å²) in [4.78, 5) is 12.4. The van der Waals surface area contributed by atoms with Gasteiger partial charge in [-0.05, 0) is 36.1 Å². The van der Waals surface area contributed by atoms with Crippen LogP contribution in [-0.2, 0) is 19.0 Å². The summed E-state index contributed by atoms with van der Waals surface area (Å²) in [6.45, 7) is 0. The van der Waals surface area contributed by atoms with Crippen LogP contribution < -0.4 is 5.43 Å². The number of alkyl halides is 3. The second-order valence-corrected chi connectivity index (χ2v) is 6.40. The van der Waals surface area contributed by atoms with Crippen molar-refractivity contribution in [2.24, 2.45) is 5.10 Å². The zero-order chi connectivity index (χ0) is 19.7. The molecule has 1 aromatic heterocycles. The number of carbonyl (C=O) groups excluding carboxylic acids is 1. The fourth-order valence-corrected chi connectivity index (χ4v) is 3.23. The molecule has 5 nitrogen and oxygen atoms in total. The minimum absolute atomic E-state index is 0.342. The summed E-state index contributed by atoms with van der Waals surface area (Å²) < 4.78 is 37.7. The van der Waals surface area contributed by atoms with E-state index in [2.05, 4.69) is 20.7 Å². The second kappa shape index (κ2) is 6.95. The van der Waals surface area contributed by atoms with Gasteiger partial charge < -0.3 is 0 Å². The molecule has 0 radical (unpaired) electrons. The second-order valence-electron chi connectivity index (χ2n) is 6.40. The number of aromatic nitrogens is 2. The summed E-state index contributed by atoms with van der Waals surface area (Å²) in [6, 6.07) is 12.4. The number of hydrazone groups is 1. The first-order valence-corrected chi connectivity index (χ1v) is 8.59. The molecular formula is C20H15F3N4O. The molecule has 0 unspecified atom stereocenters. The van der Waals surface area contributed by atoms with Crippen molar-refractivity contribution in [2.45, 2.75) is 19.0 Å². The van der Waals surface area contributed by atoms with Crippen LogP contribution in [0, 0.1) is 0 Å². The first-order valence-electron chi connectivity index (χ1n) is 8.59. The first kappa shape index (κ1) is 18.0. The lowest BCUT2D eigenvalue weighted by molar-refractivity contribution is -0.137. The highest BCUT2D eigenvalue weighted by Crippen LogP contribution is 2.33. The molecule has 1 aliphatic carbocycles. The van der Waals surface area contributed by atoms with Gasteiger partial charge in [0.2, 0.25) is 0 Å². The Bertz CT molecular complexity index is 1050. The van der Waals surface area contributed by atoms with Crippen LogP contribution in [0.3, 0.4) is 0 Å². The van der Waals surface area contributed by atoms with Gasteiger partial charge in [0.1, 0.15) is 5.69 Å². The number of nitrogens with zero attached hydrogens (tertiary/aromatic N) is 2. The van der Waals surface area contributed by atoms with E-state index in [4.69, 9.17) is 0 Å². The van der Waals surface area contributed by atoms with Gasteiger partial charge in [0.25, 0.3) is 5.91 Å². The minimum Gasteiger partial charge on any atom is -0.272 e. The molecule has 1 amide bonds. The van der Waals surface area contributed by atoms with Crippen molar-refractivity contribution >= 4 is 12.1 Å². The number of halogens is 3. The Morgan fingerprint density at radius 1 is 1.11 bits per heavy atom. The molecule has 0 atom stereocenters. The predicted octanol–water partition coefficient (Wildman–Crippen LogP) is 3.96. The highest BCUT2D eigenvalue weighted by molar-refractivity contribution is 5.96. The Morgan fingerprint density at radius 2 is 1.86 bits per heavy atom. The number of H-pyrrole nitrogens is 1. The van der Waals surface area contributed by atoms with Crippen molar-refractivity contribution in [3.63, 3.8) is 0 Å². The van der Waals surface area contributed by atoms with Gasteiger partial charge in [-0.3, -0.25) is 9.89 Å². The molecule has 0 saturated heterocycles. The minimum atomic E-state index is -4.39. The molecular weight excluding hydrogens is 369 g/mol. The smallest absolute Gasteiger partial charge is 0.272 e. The number of hydrogen-bond donors (Lipinski definition) is 2. The average molecular weight is 384 g/mol. The Labute approximate surface area is 158 Å². The SMILES string of the molecule is O=C(N/N=C/c1ccc(C(F)(F)F)cc1)c1[nH]nc2c1CCc1ccccc1-2. The molecule has 28 heavy (non-hydrogen) atoms. The summed E-state index contributed by atoms with van der Waals surface area (Å²) in [6.07, 6.45) is -1.59. The Kier molecular flexibility index (Phi) is 4.46. The van der Waals surface area contributed by atoms with Gasteiger partial charge in [0.05, 0.1) is 17.5 Å². The van der Waals surface area contributed by atoms with Gasteiger partial charge in [0, 0.05) is 11.1 Å². The van der Waals surface area contributed by atoms with Gasteiger partial charge in [-0.15, -0.1) is 0 Å². The molecule has 2 aromatic carbocycles. The fourth-order valence-electron chi connectivity index (χ4n) is 3.23. The normalized spacial score (nSPS) is 13.2. The van der Waals surface area contributed by atoms with E-state index in [0.29, 0.717) is 17.7 Å². The van der Waals surface area contributed by atoms with E-state index in [1.54, 1.807) is 0 Å². The molecule has 0 fully saturated rings. The van der Waals surface area contributed by atoms with E-state index < -0.39 is 17.6 Å². The van der Waals surface area contributed by atoms with E-state index in [1.165, 1.54) is 23.9 Å². The topological polar surface area (TPSA) is 70.1 Å². The molecule has 0 saturated carbocycles. The van der Waals surface area contributed by atoms with Crippen LogP contribution in [0.5, 0.6) is 0 Å². The fraction of sp³-hybridized carbons (Fsp3) is 0.150. The van der Waals surface area contributed by atoms with Crippen LogP contribution >= 0.6 is 0 Å². The number of rotatable bonds is 3. The number of aryl methyl sites for hydroxylation is 1. The highest BCUT2D eigenvalue weighted by Gasteiger charge is 2.30. The van der Waals surface area contributed by atoms with Crippen molar-refractivity contribution < 1.29 is 18.0 Å². The number of benzene rings is 2. The van der Waals surface area contributed by atoms with Gasteiger partial charge in [-0.2, -0.15) is 23.4 Å².